The van der Waals surface area contributed by atoms with Crippen LogP contribution in [0.2, 0.25) is 5.02 Å². The van der Waals surface area contributed by atoms with Crippen LogP contribution in [0.15, 0.2) is 18.2 Å². The molecule has 0 radical (unpaired) electrons. The molecule has 2 rings (SSSR count). The summed E-state index contributed by atoms with van der Waals surface area (Å²) in [5.74, 6) is 0.118. The van der Waals surface area contributed by atoms with Gasteiger partial charge in [0.25, 0.3) is 0 Å². The molecule has 0 saturated heterocycles. The van der Waals surface area contributed by atoms with Crippen molar-refractivity contribution in [2.24, 2.45) is 0 Å². The lowest BCUT2D eigenvalue weighted by atomic mass is 10.2. The van der Waals surface area contributed by atoms with Crippen molar-refractivity contribution in [3.05, 3.63) is 23.2 Å². The first-order chi connectivity index (χ1) is 6.18. The number of nitrogens with one attached hydrogen (secondary N) is 1. The third kappa shape index (κ3) is 1.35. The topological polar surface area (TPSA) is 38.3 Å². The van der Waals surface area contributed by atoms with Gasteiger partial charge < -0.3 is 10.1 Å². The normalized spacial score (nSPS) is 20.2. The van der Waals surface area contributed by atoms with Crippen molar-refractivity contribution in [1.29, 1.82) is 0 Å². The van der Waals surface area contributed by atoms with E-state index in [9.17, 15) is 4.79 Å². The molecule has 0 spiro atoms. The number of hydrogen-bond acceptors (Lipinski definition) is 3. The van der Waals surface area contributed by atoms with E-state index in [1.165, 1.54) is 0 Å². The van der Waals surface area contributed by atoms with Gasteiger partial charge in [-0.05, 0) is 19.1 Å². The Morgan fingerprint density at radius 1 is 1.54 bits per heavy atom. The number of anilines is 1. The second kappa shape index (κ2) is 2.92. The first kappa shape index (κ1) is 8.38. The first-order valence-corrected chi connectivity index (χ1v) is 4.33. The maximum absolute atomic E-state index is 11.2. The van der Waals surface area contributed by atoms with Gasteiger partial charge in [0, 0.05) is 0 Å². The number of carbonyl (C=O) groups is 1. The molecule has 1 N–H and O–H groups in total. The van der Waals surface area contributed by atoms with Crippen molar-refractivity contribution < 1.29 is 9.53 Å². The van der Waals surface area contributed by atoms with E-state index >= 15 is 0 Å². The van der Waals surface area contributed by atoms with Gasteiger partial charge in [-0.15, -0.1) is 0 Å². The van der Waals surface area contributed by atoms with E-state index in [4.69, 9.17) is 16.3 Å². The Balaban J connectivity index is 2.48. The lowest BCUT2D eigenvalue weighted by Gasteiger charge is -2.23. The summed E-state index contributed by atoms with van der Waals surface area (Å²) in [7, 11) is 0. The number of carbonyl (C=O) groups excluding carboxylic acids is 1. The van der Waals surface area contributed by atoms with Gasteiger partial charge in [0.1, 0.15) is 6.04 Å². The van der Waals surface area contributed by atoms with Crippen LogP contribution in [-0.4, -0.2) is 12.0 Å². The fourth-order valence-corrected chi connectivity index (χ4v) is 1.42. The van der Waals surface area contributed by atoms with E-state index in [0.29, 0.717) is 10.8 Å². The van der Waals surface area contributed by atoms with Crippen molar-refractivity contribution in [2.75, 3.05) is 5.32 Å². The third-order valence-electron chi connectivity index (χ3n) is 1.90. The maximum Gasteiger partial charge on any atom is 0.333 e. The maximum atomic E-state index is 11.2. The van der Waals surface area contributed by atoms with Gasteiger partial charge in [0.05, 0.1) is 10.7 Å². The number of fused-ring (bicyclic) bond motifs is 1. The Morgan fingerprint density at radius 3 is 3.08 bits per heavy atom. The second-order valence-electron chi connectivity index (χ2n) is 2.90. The zero-order valence-electron chi connectivity index (χ0n) is 7.00. The number of hydrogen-bond donors (Lipinski definition) is 1. The Labute approximate surface area is 80.6 Å². The predicted octanol–water partition coefficient (Wildman–Crippen LogP) is 2.06. The van der Waals surface area contributed by atoms with Crippen molar-refractivity contribution >= 4 is 23.3 Å². The van der Waals surface area contributed by atoms with Gasteiger partial charge >= 0.3 is 5.97 Å². The van der Waals surface area contributed by atoms with Crippen molar-refractivity contribution in [2.45, 2.75) is 13.0 Å². The lowest BCUT2D eigenvalue weighted by Crippen LogP contribution is -2.34. The summed E-state index contributed by atoms with van der Waals surface area (Å²) in [4.78, 5) is 11.2. The molecule has 0 aromatic heterocycles. The zero-order chi connectivity index (χ0) is 9.42. The van der Waals surface area contributed by atoms with Gasteiger partial charge in [0.15, 0.2) is 5.75 Å². The Hall–Kier alpha value is -1.22. The minimum absolute atomic E-state index is 0.305. The smallest absolute Gasteiger partial charge is 0.333 e. The third-order valence-corrected chi connectivity index (χ3v) is 2.19. The molecule has 1 aromatic rings. The van der Waals surface area contributed by atoms with Crippen LogP contribution in [0.1, 0.15) is 6.92 Å². The summed E-state index contributed by atoms with van der Waals surface area (Å²) >= 11 is 5.84. The SMILES string of the molecule is CC1Nc2cccc(Cl)c2OC1=O. The summed E-state index contributed by atoms with van der Waals surface area (Å²) in [5.41, 5.74) is 0.764. The zero-order valence-corrected chi connectivity index (χ0v) is 7.76. The van der Waals surface area contributed by atoms with Crippen LogP contribution in [0, 0.1) is 0 Å². The van der Waals surface area contributed by atoms with Gasteiger partial charge in [-0.1, -0.05) is 17.7 Å². The molecule has 0 amide bonds. The Kier molecular flexibility index (Phi) is 1.88. The fourth-order valence-electron chi connectivity index (χ4n) is 1.21. The Morgan fingerprint density at radius 2 is 2.31 bits per heavy atom. The molecule has 1 atom stereocenters. The van der Waals surface area contributed by atoms with E-state index in [0.717, 1.165) is 5.69 Å². The van der Waals surface area contributed by atoms with Gasteiger partial charge in [-0.3, -0.25) is 0 Å². The molecule has 0 aliphatic carbocycles. The molecule has 4 heteroatoms. The van der Waals surface area contributed by atoms with Crippen LogP contribution in [0.5, 0.6) is 5.75 Å². The van der Waals surface area contributed by atoms with Gasteiger partial charge in [-0.2, -0.15) is 0 Å². The molecule has 1 aliphatic rings. The highest BCUT2D eigenvalue weighted by Gasteiger charge is 2.25. The van der Waals surface area contributed by atoms with Crippen LogP contribution in [0.4, 0.5) is 5.69 Å². The van der Waals surface area contributed by atoms with Gasteiger partial charge in [0.2, 0.25) is 0 Å². The van der Waals surface area contributed by atoms with E-state index < -0.39 is 0 Å². The summed E-state index contributed by atoms with van der Waals surface area (Å²) in [6.45, 7) is 1.74. The summed E-state index contributed by atoms with van der Waals surface area (Å²) < 4.78 is 5.04. The van der Waals surface area contributed by atoms with Crippen molar-refractivity contribution in [1.82, 2.24) is 0 Å². The number of ether oxygens (including phenoxy) is 1. The second-order valence-corrected chi connectivity index (χ2v) is 3.31. The van der Waals surface area contributed by atoms with E-state index in [2.05, 4.69) is 5.32 Å². The number of halogens is 1. The molecule has 3 nitrogen and oxygen atoms in total. The first-order valence-electron chi connectivity index (χ1n) is 3.95. The van der Waals surface area contributed by atoms with Crippen molar-refractivity contribution in [3.63, 3.8) is 0 Å². The molecule has 13 heavy (non-hydrogen) atoms. The van der Waals surface area contributed by atoms with Crippen LogP contribution in [-0.2, 0) is 4.79 Å². The fraction of sp³-hybridized carbons (Fsp3) is 0.222. The van der Waals surface area contributed by atoms with Crippen LogP contribution < -0.4 is 10.1 Å². The number of para-hydroxylation sites is 1. The minimum atomic E-state index is -0.314. The average Bonchev–Trinajstić information content (AvgIpc) is 2.09. The molecule has 1 unspecified atom stereocenters. The number of esters is 1. The van der Waals surface area contributed by atoms with Crippen LogP contribution >= 0.6 is 11.6 Å². The number of rotatable bonds is 0. The largest absolute Gasteiger partial charge is 0.421 e. The molecular weight excluding hydrogens is 190 g/mol. The summed E-state index contributed by atoms with van der Waals surface area (Å²) in [6.07, 6.45) is 0. The van der Waals surface area contributed by atoms with E-state index in [-0.39, 0.29) is 12.0 Å². The Bertz CT molecular complexity index is 365. The highest BCUT2D eigenvalue weighted by molar-refractivity contribution is 6.32. The molecule has 0 fully saturated rings. The van der Waals surface area contributed by atoms with Crippen molar-refractivity contribution in [3.8, 4) is 5.75 Å². The van der Waals surface area contributed by atoms with E-state index in [1.54, 1.807) is 19.1 Å². The molecule has 0 saturated carbocycles. The summed E-state index contributed by atoms with van der Waals surface area (Å²) in [5, 5.41) is 3.44. The quantitative estimate of drug-likeness (QED) is 0.511. The monoisotopic (exact) mass is 197 g/mol. The van der Waals surface area contributed by atoms with Crippen LogP contribution in [0.3, 0.4) is 0 Å². The molecule has 1 aromatic carbocycles. The minimum Gasteiger partial charge on any atom is -0.421 e. The molecule has 68 valence electrons. The highest BCUT2D eigenvalue weighted by atomic mass is 35.5. The molecular formula is C9H8ClNO2. The molecule has 1 heterocycles. The predicted molar refractivity (Wildman–Crippen MR) is 50.2 cm³/mol. The van der Waals surface area contributed by atoms with E-state index in [1.807, 2.05) is 6.07 Å². The standard InChI is InChI=1S/C9H8ClNO2/c1-5-9(12)13-8-6(10)3-2-4-7(8)11-5/h2-5,11H,1H3. The number of benzene rings is 1. The molecule has 1 aliphatic heterocycles. The lowest BCUT2D eigenvalue weighted by molar-refractivity contribution is -0.135. The van der Waals surface area contributed by atoms with Crippen LogP contribution in [0.25, 0.3) is 0 Å². The highest BCUT2D eigenvalue weighted by Crippen LogP contribution is 2.35. The average molecular weight is 198 g/mol. The molecule has 0 bridgehead atoms. The van der Waals surface area contributed by atoms with Gasteiger partial charge in [-0.25, -0.2) is 4.79 Å². The summed E-state index contributed by atoms with van der Waals surface area (Å²) in [6, 6.07) is 5.00.